The first-order chi connectivity index (χ1) is 17.5. The largest absolute Gasteiger partial charge is 0.395 e. The molecule has 0 unspecified atom stereocenters. The monoisotopic (exact) mass is 550 g/mol. The Morgan fingerprint density at radius 2 is 1.97 bits per heavy atom. The van der Waals surface area contributed by atoms with Crippen LogP contribution in [0.15, 0.2) is 57.9 Å². The smallest absolute Gasteiger partial charge is 0.261 e. The highest BCUT2D eigenvalue weighted by Gasteiger charge is 2.20. The molecular formula is C27H31BrN6O2. The molecule has 188 valence electrons. The zero-order valence-corrected chi connectivity index (χ0v) is 21.9. The van der Waals surface area contributed by atoms with Crippen LogP contribution in [0.4, 0.5) is 11.4 Å². The van der Waals surface area contributed by atoms with Gasteiger partial charge in [-0.15, -0.1) is 0 Å². The van der Waals surface area contributed by atoms with Gasteiger partial charge in [0.05, 0.1) is 23.3 Å². The van der Waals surface area contributed by atoms with Crippen LogP contribution < -0.4 is 15.8 Å². The highest BCUT2D eigenvalue weighted by molar-refractivity contribution is 9.10. The molecule has 1 fully saturated rings. The van der Waals surface area contributed by atoms with E-state index in [2.05, 4.69) is 72.2 Å². The summed E-state index contributed by atoms with van der Waals surface area (Å²) >= 11 is 3.52. The van der Waals surface area contributed by atoms with Crippen LogP contribution in [0.25, 0.3) is 22.4 Å². The molecule has 3 heterocycles. The van der Waals surface area contributed by atoms with Crippen LogP contribution in [0.1, 0.15) is 11.1 Å². The first-order valence-electron chi connectivity index (χ1n) is 12.3. The molecule has 0 bridgehead atoms. The van der Waals surface area contributed by atoms with Gasteiger partial charge in [0.15, 0.2) is 0 Å². The Hall–Kier alpha value is -3.14. The van der Waals surface area contributed by atoms with Crippen LogP contribution in [0.3, 0.4) is 0 Å². The summed E-state index contributed by atoms with van der Waals surface area (Å²) in [7, 11) is 0. The normalized spacial score (nSPS) is 14.5. The molecule has 1 aliphatic rings. The van der Waals surface area contributed by atoms with Gasteiger partial charge in [0.2, 0.25) is 0 Å². The molecule has 1 aliphatic heterocycles. The molecule has 0 radical (unpaired) electrons. The number of aryl methyl sites for hydroxylation is 1. The lowest BCUT2D eigenvalue weighted by molar-refractivity contribution is 0.189. The summed E-state index contributed by atoms with van der Waals surface area (Å²) in [5.74, 6) is 0.560. The maximum atomic E-state index is 12.9. The summed E-state index contributed by atoms with van der Waals surface area (Å²) in [5, 5.41) is 12.6. The van der Waals surface area contributed by atoms with E-state index in [4.69, 9.17) is 4.98 Å². The van der Waals surface area contributed by atoms with E-state index in [1.165, 1.54) is 5.56 Å². The highest BCUT2D eigenvalue weighted by atomic mass is 79.9. The van der Waals surface area contributed by atoms with E-state index in [1.807, 2.05) is 18.2 Å². The number of rotatable bonds is 8. The molecule has 0 spiro atoms. The molecule has 0 saturated carbocycles. The average Bonchev–Trinajstić information content (AvgIpc) is 3.29. The Morgan fingerprint density at radius 3 is 2.75 bits per heavy atom. The van der Waals surface area contributed by atoms with Crippen molar-refractivity contribution in [2.75, 3.05) is 56.1 Å². The fourth-order valence-corrected chi connectivity index (χ4v) is 5.29. The van der Waals surface area contributed by atoms with E-state index in [0.717, 1.165) is 71.6 Å². The van der Waals surface area contributed by atoms with Gasteiger partial charge in [-0.05, 0) is 54.8 Å². The number of nitrogens with one attached hydrogen (secondary N) is 3. The lowest BCUT2D eigenvalue weighted by Gasteiger charge is -2.35. The van der Waals surface area contributed by atoms with Gasteiger partial charge in [0, 0.05) is 55.6 Å². The fourth-order valence-electron chi connectivity index (χ4n) is 4.84. The number of aromatic amines is 2. The minimum atomic E-state index is -0.181. The Balaban J connectivity index is 1.38. The Morgan fingerprint density at radius 1 is 1.14 bits per heavy atom. The van der Waals surface area contributed by atoms with Crippen molar-refractivity contribution < 1.29 is 5.11 Å². The summed E-state index contributed by atoms with van der Waals surface area (Å²) in [6, 6.07) is 14.4. The van der Waals surface area contributed by atoms with Crippen LogP contribution in [-0.2, 0) is 6.42 Å². The second kappa shape index (κ2) is 10.9. The van der Waals surface area contributed by atoms with E-state index < -0.39 is 0 Å². The molecule has 1 saturated heterocycles. The standard InChI is InChI=1S/C27H31BrN6O2/c1-18-15-21(34-11-9-33(10-12-34)13-14-35)17-23-25(18)32-26(31-23)24-22(6-8-30-27(24)36)29-7-5-19-3-2-4-20(28)16-19/h2-4,6,8,15-17,35H,5,7,9-14H2,1H3,(H,31,32)(H2,29,30,36). The molecule has 9 heteroatoms. The molecule has 36 heavy (non-hydrogen) atoms. The number of H-pyrrole nitrogens is 2. The van der Waals surface area contributed by atoms with Gasteiger partial charge in [-0.2, -0.15) is 0 Å². The SMILES string of the molecule is Cc1cc(N2CCN(CCO)CC2)cc2[nH]c(-c3c(NCCc4cccc(Br)c4)cc[nH]c3=O)nc12. The summed E-state index contributed by atoms with van der Waals surface area (Å²) < 4.78 is 1.06. The van der Waals surface area contributed by atoms with Gasteiger partial charge in [-0.3, -0.25) is 9.69 Å². The molecule has 0 aliphatic carbocycles. The molecule has 0 amide bonds. The molecule has 2 aromatic carbocycles. The van der Waals surface area contributed by atoms with Gasteiger partial charge >= 0.3 is 0 Å². The molecule has 4 aromatic rings. The van der Waals surface area contributed by atoms with Crippen molar-refractivity contribution in [2.24, 2.45) is 0 Å². The number of halogens is 1. The van der Waals surface area contributed by atoms with Crippen LogP contribution >= 0.6 is 15.9 Å². The fraction of sp³-hybridized carbons (Fsp3) is 0.333. The number of piperazine rings is 1. The number of benzene rings is 2. The van der Waals surface area contributed by atoms with Crippen molar-refractivity contribution in [1.29, 1.82) is 0 Å². The minimum Gasteiger partial charge on any atom is -0.395 e. The zero-order chi connectivity index (χ0) is 25.1. The number of pyridine rings is 1. The summed E-state index contributed by atoms with van der Waals surface area (Å²) in [5.41, 5.74) is 6.31. The quantitative estimate of drug-likeness (QED) is 0.266. The summed E-state index contributed by atoms with van der Waals surface area (Å²) in [6.45, 7) is 7.36. The predicted molar refractivity (Wildman–Crippen MR) is 149 cm³/mol. The number of nitrogens with zero attached hydrogens (tertiary/aromatic N) is 3. The number of aromatic nitrogens is 3. The molecular weight excluding hydrogens is 520 g/mol. The van der Waals surface area contributed by atoms with Crippen molar-refractivity contribution in [2.45, 2.75) is 13.3 Å². The summed E-state index contributed by atoms with van der Waals surface area (Å²) in [6.07, 6.45) is 2.50. The minimum absolute atomic E-state index is 0.181. The Labute approximate surface area is 218 Å². The van der Waals surface area contributed by atoms with Crippen molar-refractivity contribution in [3.63, 3.8) is 0 Å². The second-order valence-electron chi connectivity index (χ2n) is 9.20. The van der Waals surface area contributed by atoms with Crippen LogP contribution in [0.5, 0.6) is 0 Å². The Kier molecular flexibility index (Phi) is 7.41. The average molecular weight is 551 g/mol. The maximum Gasteiger partial charge on any atom is 0.261 e. The third kappa shape index (κ3) is 5.33. The van der Waals surface area contributed by atoms with E-state index in [1.54, 1.807) is 6.20 Å². The highest BCUT2D eigenvalue weighted by Crippen LogP contribution is 2.29. The van der Waals surface area contributed by atoms with Gasteiger partial charge in [0.25, 0.3) is 5.56 Å². The van der Waals surface area contributed by atoms with Crippen LogP contribution in [0, 0.1) is 6.92 Å². The first-order valence-corrected chi connectivity index (χ1v) is 13.1. The van der Waals surface area contributed by atoms with Crippen molar-refractivity contribution in [1.82, 2.24) is 19.9 Å². The lowest BCUT2D eigenvalue weighted by atomic mass is 10.1. The van der Waals surface area contributed by atoms with E-state index in [0.29, 0.717) is 17.9 Å². The van der Waals surface area contributed by atoms with Crippen LogP contribution in [-0.4, -0.2) is 70.8 Å². The molecule has 8 nitrogen and oxygen atoms in total. The van der Waals surface area contributed by atoms with Crippen molar-refractivity contribution in [3.05, 3.63) is 74.6 Å². The van der Waals surface area contributed by atoms with Crippen molar-refractivity contribution in [3.8, 4) is 11.4 Å². The number of β-amino-alcohol motifs (C(OH)–C–C–N with tert-alkyl or cyclic N) is 1. The number of hydrogen-bond acceptors (Lipinski definition) is 6. The third-order valence-corrected chi connectivity index (χ3v) is 7.22. The number of imidazole rings is 1. The number of aliphatic hydroxyl groups excluding tert-OH is 1. The molecule has 4 N–H and O–H groups in total. The molecule has 5 rings (SSSR count). The Bertz CT molecular complexity index is 1410. The van der Waals surface area contributed by atoms with Gasteiger partial charge in [-0.25, -0.2) is 4.98 Å². The van der Waals surface area contributed by atoms with Gasteiger partial charge < -0.3 is 25.3 Å². The molecule has 0 atom stereocenters. The molecule has 2 aromatic heterocycles. The van der Waals surface area contributed by atoms with E-state index in [-0.39, 0.29) is 12.2 Å². The third-order valence-electron chi connectivity index (χ3n) is 6.73. The topological polar surface area (TPSA) is 100 Å². The van der Waals surface area contributed by atoms with E-state index in [9.17, 15) is 9.90 Å². The number of fused-ring (bicyclic) bond motifs is 1. The van der Waals surface area contributed by atoms with Gasteiger partial charge in [0.1, 0.15) is 11.4 Å². The zero-order valence-electron chi connectivity index (χ0n) is 20.4. The lowest BCUT2D eigenvalue weighted by Crippen LogP contribution is -2.47. The number of anilines is 2. The first kappa shape index (κ1) is 24.5. The van der Waals surface area contributed by atoms with Gasteiger partial charge in [-0.1, -0.05) is 28.1 Å². The number of aliphatic hydroxyl groups is 1. The predicted octanol–water partition coefficient (Wildman–Crippen LogP) is 3.76. The van der Waals surface area contributed by atoms with E-state index >= 15 is 0 Å². The maximum absolute atomic E-state index is 12.9. The number of hydrogen-bond donors (Lipinski definition) is 4. The second-order valence-corrected chi connectivity index (χ2v) is 10.1. The van der Waals surface area contributed by atoms with Crippen molar-refractivity contribution >= 4 is 38.3 Å². The van der Waals surface area contributed by atoms with Crippen LogP contribution in [0.2, 0.25) is 0 Å². The summed E-state index contributed by atoms with van der Waals surface area (Å²) in [4.78, 5) is 28.6.